The number of phenolic OH excluding ortho intramolecular Hbond substituents is 2. The lowest BCUT2D eigenvalue weighted by Gasteiger charge is -2.10. The van der Waals surface area contributed by atoms with Gasteiger partial charge in [0.1, 0.15) is 11.5 Å². The van der Waals surface area contributed by atoms with Crippen molar-refractivity contribution >= 4 is 100 Å². The number of halogens is 4. The van der Waals surface area contributed by atoms with Gasteiger partial charge in [-0.25, -0.2) is 8.42 Å². The second-order valence-corrected chi connectivity index (χ2v) is 10.6. The summed E-state index contributed by atoms with van der Waals surface area (Å²) in [5, 5.41) is 19.5. The number of phenols is 2. The van der Waals surface area contributed by atoms with Gasteiger partial charge in [-0.3, -0.25) is 0 Å². The van der Waals surface area contributed by atoms with E-state index in [1.54, 1.807) is 0 Å². The van der Waals surface area contributed by atoms with Crippen LogP contribution < -0.4 is 0 Å². The van der Waals surface area contributed by atoms with E-state index in [1.807, 2.05) is 90.4 Å². The van der Waals surface area contributed by atoms with Crippen LogP contribution in [0.1, 0.15) is 0 Å². The standard InChI is InChI=1S/C12H6I4O4S/c13-7-1-5(2-8(14)11(7)17)21(19,20)6-3-9(15)12(18)10(16)4-6/h1-4,17-18H. The van der Waals surface area contributed by atoms with Gasteiger partial charge in [-0.05, 0) is 115 Å². The molecule has 9 heteroatoms. The molecule has 0 amide bonds. The first-order valence-electron chi connectivity index (χ1n) is 5.25. The van der Waals surface area contributed by atoms with Crippen molar-refractivity contribution in [3.05, 3.63) is 38.5 Å². The Labute approximate surface area is 176 Å². The first kappa shape index (κ1) is 18.3. The second-order valence-electron chi connectivity index (χ2n) is 3.97. The van der Waals surface area contributed by atoms with Crippen molar-refractivity contribution in [2.24, 2.45) is 0 Å². The van der Waals surface area contributed by atoms with E-state index < -0.39 is 9.84 Å². The fraction of sp³-hybridized carbons (Fsp3) is 0. The zero-order chi connectivity index (χ0) is 15.9. The lowest BCUT2D eigenvalue weighted by Crippen LogP contribution is -2.04. The monoisotopic (exact) mass is 754 g/mol. The van der Waals surface area contributed by atoms with E-state index in [0.717, 1.165) is 0 Å². The topological polar surface area (TPSA) is 74.6 Å². The Bertz CT molecular complexity index is 724. The van der Waals surface area contributed by atoms with E-state index >= 15 is 0 Å². The smallest absolute Gasteiger partial charge is 0.206 e. The van der Waals surface area contributed by atoms with Gasteiger partial charge in [-0.2, -0.15) is 0 Å². The maximum atomic E-state index is 12.7. The van der Waals surface area contributed by atoms with Gasteiger partial charge in [0.2, 0.25) is 9.84 Å². The fourth-order valence-electron chi connectivity index (χ4n) is 1.53. The summed E-state index contributed by atoms with van der Waals surface area (Å²) in [6.45, 7) is 0. The summed E-state index contributed by atoms with van der Waals surface area (Å²) in [5.41, 5.74) is 0. The summed E-state index contributed by atoms with van der Waals surface area (Å²) in [7, 11) is -3.70. The van der Waals surface area contributed by atoms with Gasteiger partial charge in [0.25, 0.3) is 0 Å². The average molecular weight is 754 g/mol. The average Bonchev–Trinajstić information content (AvgIpc) is 2.40. The van der Waals surface area contributed by atoms with Gasteiger partial charge in [0.05, 0.1) is 24.1 Å². The predicted molar refractivity (Wildman–Crippen MR) is 113 cm³/mol. The second kappa shape index (κ2) is 6.80. The summed E-state index contributed by atoms with van der Waals surface area (Å²) >= 11 is 7.57. The summed E-state index contributed by atoms with van der Waals surface area (Å²) in [6, 6.07) is 5.72. The zero-order valence-corrected chi connectivity index (χ0v) is 19.4. The van der Waals surface area contributed by atoms with Crippen molar-refractivity contribution < 1.29 is 18.6 Å². The third kappa shape index (κ3) is 3.71. The molecule has 2 aromatic rings. The van der Waals surface area contributed by atoms with E-state index in [-0.39, 0.29) is 21.3 Å². The molecule has 0 saturated heterocycles. The van der Waals surface area contributed by atoms with Crippen LogP contribution in [0.2, 0.25) is 0 Å². The normalized spacial score (nSPS) is 11.6. The molecule has 2 N–H and O–H groups in total. The molecular weight excluding hydrogens is 748 g/mol. The lowest BCUT2D eigenvalue weighted by atomic mass is 10.3. The molecule has 0 aliphatic heterocycles. The highest BCUT2D eigenvalue weighted by molar-refractivity contribution is 14.1. The molecule has 0 saturated carbocycles. The van der Waals surface area contributed by atoms with Crippen LogP contribution in [0, 0.1) is 14.3 Å². The fourth-order valence-corrected chi connectivity index (χ4v) is 7.28. The first-order chi connectivity index (χ1) is 9.64. The Morgan fingerprint density at radius 2 is 0.905 bits per heavy atom. The Morgan fingerprint density at radius 3 is 1.14 bits per heavy atom. The zero-order valence-electron chi connectivity index (χ0n) is 9.94. The van der Waals surface area contributed by atoms with Gasteiger partial charge < -0.3 is 10.2 Å². The number of hydrogen-bond donors (Lipinski definition) is 2. The highest BCUT2D eigenvalue weighted by atomic mass is 127. The van der Waals surface area contributed by atoms with Crippen LogP contribution in [-0.2, 0) is 9.84 Å². The number of hydrogen-bond acceptors (Lipinski definition) is 4. The number of benzene rings is 2. The van der Waals surface area contributed by atoms with Crippen molar-refractivity contribution in [2.75, 3.05) is 0 Å². The van der Waals surface area contributed by atoms with Gasteiger partial charge in [-0.1, -0.05) is 0 Å². The van der Waals surface area contributed by atoms with Gasteiger partial charge in [0, 0.05) is 0 Å². The predicted octanol–water partition coefficient (Wildman–Crippen LogP) is 4.35. The van der Waals surface area contributed by atoms with E-state index in [2.05, 4.69) is 0 Å². The summed E-state index contributed by atoms with van der Waals surface area (Å²) in [6.07, 6.45) is 0. The summed E-state index contributed by atoms with van der Waals surface area (Å²) in [5.74, 6) is 0.148. The summed E-state index contributed by atoms with van der Waals surface area (Å²) < 4.78 is 27.3. The van der Waals surface area contributed by atoms with E-state index in [0.29, 0.717) is 14.3 Å². The van der Waals surface area contributed by atoms with Crippen LogP contribution in [-0.4, -0.2) is 18.6 Å². The van der Waals surface area contributed by atoms with Crippen LogP contribution in [0.5, 0.6) is 11.5 Å². The number of aromatic hydroxyl groups is 2. The highest BCUT2D eigenvalue weighted by Gasteiger charge is 2.22. The molecule has 0 unspecified atom stereocenters. The third-order valence-electron chi connectivity index (χ3n) is 2.60. The van der Waals surface area contributed by atoms with Crippen molar-refractivity contribution in [3.63, 3.8) is 0 Å². The minimum atomic E-state index is -3.70. The van der Waals surface area contributed by atoms with Gasteiger partial charge in [0.15, 0.2) is 0 Å². The van der Waals surface area contributed by atoms with Gasteiger partial charge in [-0.15, -0.1) is 0 Å². The highest BCUT2D eigenvalue weighted by Crippen LogP contribution is 2.34. The molecule has 0 atom stereocenters. The largest absolute Gasteiger partial charge is 0.506 e. The molecule has 4 nitrogen and oxygen atoms in total. The quantitative estimate of drug-likeness (QED) is 0.448. The lowest BCUT2D eigenvalue weighted by molar-refractivity contribution is 0.466. The van der Waals surface area contributed by atoms with Crippen LogP contribution in [0.3, 0.4) is 0 Å². The molecule has 2 aromatic carbocycles. The molecule has 0 radical (unpaired) electrons. The molecular formula is C12H6I4O4S. The van der Waals surface area contributed by atoms with E-state index in [9.17, 15) is 18.6 Å². The summed E-state index contributed by atoms with van der Waals surface area (Å²) in [4.78, 5) is 0.234. The maximum Gasteiger partial charge on any atom is 0.206 e. The molecule has 0 aliphatic rings. The Morgan fingerprint density at radius 1 is 0.667 bits per heavy atom. The van der Waals surface area contributed by atoms with Crippen molar-refractivity contribution in [1.82, 2.24) is 0 Å². The SMILES string of the molecule is O=S(=O)(c1cc(I)c(O)c(I)c1)c1cc(I)c(O)c(I)c1. The van der Waals surface area contributed by atoms with Crippen LogP contribution in [0.25, 0.3) is 0 Å². The molecule has 0 aromatic heterocycles. The Balaban J connectivity index is 2.68. The molecule has 0 heterocycles. The van der Waals surface area contributed by atoms with Crippen LogP contribution >= 0.6 is 90.4 Å². The van der Waals surface area contributed by atoms with E-state index in [4.69, 9.17) is 0 Å². The minimum absolute atomic E-state index is 0.0741. The molecule has 2 rings (SSSR count). The number of sulfone groups is 1. The Hall–Kier alpha value is 0.910. The van der Waals surface area contributed by atoms with Gasteiger partial charge >= 0.3 is 0 Å². The van der Waals surface area contributed by atoms with Crippen LogP contribution in [0.4, 0.5) is 0 Å². The number of rotatable bonds is 2. The molecule has 0 spiro atoms. The molecule has 0 bridgehead atoms. The van der Waals surface area contributed by atoms with E-state index in [1.165, 1.54) is 24.3 Å². The maximum absolute atomic E-state index is 12.7. The van der Waals surface area contributed by atoms with Crippen LogP contribution in [0.15, 0.2) is 34.1 Å². The Kier molecular flexibility index (Phi) is 5.91. The van der Waals surface area contributed by atoms with Crippen molar-refractivity contribution in [1.29, 1.82) is 0 Å². The van der Waals surface area contributed by atoms with Crippen molar-refractivity contribution in [2.45, 2.75) is 9.79 Å². The third-order valence-corrected chi connectivity index (χ3v) is 7.60. The minimum Gasteiger partial charge on any atom is -0.506 e. The molecule has 21 heavy (non-hydrogen) atoms. The molecule has 0 fully saturated rings. The molecule has 112 valence electrons. The van der Waals surface area contributed by atoms with Crippen molar-refractivity contribution in [3.8, 4) is 11.5 Å². The molecule has 0 aliphatic carbocycles. The first-order valence-corrected chi connectivity index (χ1v) is 11.1.